The van der Waals surface area contributed by atoms with Crippen molar-refractivity contribution in [2.75, 3.05) is 20.1 Å². The fourth-order valence-corrected chi connectivity index (χ4v) is 4.04. The number of nitrogens with zero attached hydrogens (tertiary/aromatic N) is 3. The molecule has 1 aliphatic heterocycles. The summed E-state index contributed by atoms with van der Waals surface area (Å²) < 4.78 is 0. The van der Waals surface area contributed by atoms with Gasteiger partial charge in [-0.15, -0.1) is 0 Å². The molecule has 0 spiro atoms. The molecule has 0 bridgehead atoms. The van der Waals surface area contributed by atoms with E-state index in [-0.39, 0.29) is 5.91 Å². The zero-order chi connectivity index (χ0) is 18.6. The maximum absolute atomic E-state index is 13.1. The minimum absolute atomic E-state index is 0.0510. The number of carbonyl (C=O) groups is 1. The second kappa shape index (κ2) is 7.92. The van der Waals surface area contributed by atoms with Crippen LogP contribution in [0.4, 0.5) is 0 Å². The molecule has 1 aromatic heterocycles. The van der Waals surface area contributed by atoms with E-state index >= 15 is 0 Å². The first-order valence-corrected chi connectivity index (χ1v) is 9.68. The lowest BCUT2D eigenvalue weighted by Crippen LogP contribution is -2.46. The summed E-state index contributed by atoms with van der Waals surface area (Å²) in [6.07, 6.45) is 5.36. The maximum Gasteiger partial charge on any atom is 0.255 e. The number of fused-ring (bicyclic) bond motifs is 1. The summed E-state index contributed by atoms with van der Waals surface area (Å²) >= 11 is 0. The maximum atomic E-state index is 13.1. The molecule has 5 heteroatoms. The molecule has 1 amide bonds. The highest BCUT2D eigenvalue weighted by Crippen LogP contribution is 2.22. The van der Waals surface area contributed by atoms with Crippen LogP contribution in [0.1, 0.15) is 35.2 Å². The van der Waals surface area contributed by atoms with Crippen molar-refractivity contribution >= 4 is 16.8 Å². The van der Waals surface area contributed by atoms with Crippen molar-refractivity contribution in [3.05, 3.63) is 65.9 Å². The number of benzene rings is 2. The topological polar surface area (TPSA) is 52.2 Å². The zero-order valence-electron chi connectivity index (χ0n) is 15.8. The monoisotopic (exact) mass is 362 g/mol. The average molecular weight is 362 g/mol. The first-order chi connectivity index (χ1) is 13.2. The molecule has 27 heavy (non-hydrogen) atoms. The predicted molar refractivity (Wildman–Crippen MR) is 108 cm³/mol. The summed E-state index contributed by atoms with van der Waals surface area (Å²) in [7, 11) is 1.91. The fraction of sp³-hybridized carbons (Fsp3) is 0.364. The number of hydrogen-bond acceptors (Lipinski definition) is 3. The SMILES string of the molecule is CN(C[C@@H]1CCCCN1Cc1ccccc1)C(=O)c1cccc2cn[nH]c12. The van der Waals surface area contributed by atoms with Gasteiger partial charge in [0.15, 0.2) is 0 Å². The van der Waals surface area contributed by atoms with E-state index in [1.54, 1.807) is 6.20 Å². The molecule has 1 N–H and O–H groups in total. The largest absolute Gasteiger partial charge is 0.340 e. The van der Waals surface area contributed by atoms with Crippen LogP contribution in [0.5, 0.6) is 0 Å². The minimum atomic E-state index is 0.0510. The third kappa shape index (κ3) is 3.88. The Labute approximate surface area is 160 Å². The van der Waals surface area contributed by atoms with Crippen LogP contribution in [0.3, 0.4) is 0 Å². The molecule has 1 saturated heterocycles. The molecule has 2 aromatic carbocycles. The molecule has 5 nitrogen and oxygen atoms in total. The van der Waals surface area contributed by atoms with E-state index in [2.05, 4.69) is 45.4 Å². The van der Waals surface area contributed by atoms with Crippen molar-refractivity contribution in [3.63, 3.8) is 0 Å². The number of likely N-dealkylation sites (N-methyl/N-ethyl adjacent to an activating group) is 1. The number of aromatic amines is 1. The van der Waals surface area contributed by atoms with Crippen LogP contribution in [-0.2, 0) is 6.54 Å². The zero-order valence-corrected chi connectivity index (χ0v) is 15.8. The van der Waals surface area contributed by atoms with E-state index in [0.29, 0.717) is 11.6 Å². The molecule has 2 heterocycles. The molecule has 0 radical (unpaired) electrons. The quantitative estimate of drug-likeness (QED) is 0.753. The molecule has 3 aromatic rings. The molecule has 140 valence electrons. The number of nitrogens with one attached hydrogen (secondary N) is 1. The van der Waals surface area contributed by atoms with E-state index in [4.69, 9.17) is 0 Å². The van der Waals surface area contributed by atoms with Crippen molar-refractivity contribution in [1.29, 1.82) is 0 Å². The van der Waals surface area contributed by atoms with Gasteiger partial charge >= 0.3 is 0 Å². The Bertz CT molecular complexity index is 905. The number of H-pyrrole nitrogens is 1. The van der Waals surface area contributed by atoms with Crippen LogP contribution in [0.2, 0.25) is 0 Å². The Hall–Kier alpha value is -2.66. The summed E-state index contributed by atoms with van der Waals surface area (Å²) in [5.74, 6) is 0.0510. The van der Waals surface area contributed by atoms with Crippen LogP contribution < -0.4 is 0 Å². The summed E-state index contributed by atoms with van der Waals surface area (Å²) in [6.45, 7) is 2.79. The lowest BCUT2D eigenvalue weighted by Gasteiger charge is -2.38. The summed E-state index contributed by atoms with van der Waals surface area (Å²) in [5, 5.41) is 8.01. The van der Waals surface area contributed by atoms with Gasteiger partial charge in [0.05, 0.1) is 17.3 Å². The smallest absolute Gasteiger partial charge is 0.255 e. The number of aromatic nitrogens is 2. The standard InChI is InChI=1S/C22H26N4O/c1-25(22(27)20-12-7-10-18-14-23-24-21(18)20)16-19-11-5-6-13-26(19)15-17-8-3-2-4-9-17/h2-4,7-10,12,14,19H,5-6,11,13,15-16H2,1H3,(H,23,24)/t19-/m0/s1. The van der Waals surface area contributed by atoms with Crippen LogP contribution in [-0.4, -0.2) is 52.1 Å². The molecule has 1 fully saturated rings. The van der Waals surface area contributed by atoms with Crippen LogP contribution in [0, 0.1) is 0 Å². The Morgan fingerprint density at radius 2 is 2.04 bits per heavy atom. The highest BCUT2D eigenvalue weighted by molar-refractivity contribution is 6.05. The number of likely N-dealkylation sites (tertiary alicyclic amines) is 1. The lowest BCUT2D eigenvalue weighted by molar-refractivity contribution is 0.0671. The number of piperidine rings is 1. The average Bonchev–Trinajstić information content (AvgIpc) is 3.18. The third-order valence-corrected chi connectivity index (χ3v) is 5.52. The molecular formula is C22H26N4O. The number of carbonyl (C=O) groups excluding carboxylic acids is 1. The second-order valence-electron chi connectivity index (χ2n) is 7.43. The Morgan fingerprint density at radius 1 is 1.19 bits per heavy atom. The Morgan fingerprint density at radius 3 is 2.89 bits per heavy atom. The van der Waals surface area contributed by atoms with E-state index in [9.17, 15) is 4.79 Å². The highest BCUT2D eigenvalue weighted by atomic mass is 16.2. The summed E-state index contributed by atoms with van der Waals surface area (Å²) in [6, 6.07) is 16.8. The second-order valence-corrected chi connectivity index (χ2v) is 7.43. The number of amides is 1. The first-order valence-electron chi connectivity index (χ1n) is 9.68. The van der Waals surface area contributed by atoms with Gasteiger partial charge in [-0.3, -0.25) is 14.8 Å². The minimum Gasteiger partial charge on any atom is -0.340 e. The Kier molecular flexibility index (Phi) is 5.21. The molecule has 1 aliphatic rings. The van der Waals surface area contributed by atoms with Crippen molar-refractivity contribution in [2.45, 2.75) is 31.8 Å². The molecule has 0 aliphatic carbocycles. The summed E-state index contributed by atoms with van der Waals surface area (Å²) in [4.78, 5) is 17.4. The van der Waals surface area contributed by atoms with Crippen LogP contribution in [0.25, 0.3) is 10.9 Å². The predicted octanol–water partition coefficient (Wildman–Crippen LogP) is 3.69. The molecule has 0 unspecified atom stereocenters. The van der Waals surface area contributed by atoms with Crippen molar-refractivity contribution < 1.29 is 4.79 Å². The van der Waals surface area contributed by atoms with Crippen molar-refractivity contribution in [1.82, 2.24) is 20.0 Å². The third-order valence-electron chi connectivity index (χ3n) is 5.52. The Balaban J connectivity index is 1.47. The van der Waals surface area contributed by atoms with Gasteiger partial charge in [0.1, 0.15) is 0 Å². The van der Waals surface area contributed by atoms with Crippen molar-refractivity contribution in [3.8, 4) is 0 Å². The number of rotatable bonds is 5. The summed E-state index contributed by atoms with van der Waals surface area (Å²) in [5.41, 5.74) is 2.85. The van der Waals surface area contributed by atoms with Gasteiger partial charge in [0, 0.05) is 31.6 Å². The van der Waals surface area contributed by atoms with Gasteiger partial charge in [-0.2, -0.15) is 5.10 Å². The van der Waals surface area contributed by atoms with E-state index < -0.39 is 0 Å². The number of para-hydroxylation sites is 1. The van der Waals surface area contributed by atoms with Crippen molar-refractivity contribution in [2.24, 2.45) is 0 Å². The highest BCUT2D eigenvalue weighted by Gasteiger charge is 2.26. The van der Waals surface area contributed by atoms with Crippen LogP contribution >= 0.6 is 0 Å². The van der Waals surface area contributed by atoms with Gasteiger partial charge in [-0.1, -0.05) is 48.9 Å². The van der Waals surface area contributed by atoms with Gasteiger partial charge in [-0.25, -0.2) is 0 Å². The van der Waals surface area contributed by atoms with E-state index in [1.807, 2.05) is 30.1 Å². The van der Waals surface area contributed by atoms with E-state index in [0.717, 1.165) is 37.0 Å². The molecule has 0 saturated carbocycles. The van der Waals surface area contributed by atoms with Gasteiger partial charge in [-0.05, 0) is 31.0 Å². The molecule has 1 atom stereocenters. The van der Waals surface area contributed by atoms with Crippen LogP contribution in [0.15, 0.2) is 54.7 Å². The first kappa shape index (κ1) is 17.7. The molecule has 4 rings (SSSR count). The van der Waals surface area contributed by atoms with Gasteiger partial charge < -0.3 is 4.90 Å². The van der Waals surface area contributed by atoms with E-state index in [1.165, 1.54) is 18.4 Å². The van der Waals surface area contributed by atoms with Gasteiger partial charge in [0.2, 0.25) is 0 Å². The normalized spacial score (nSPS) is 17.9. The lowest BCUT2D eigenvalue weighted by atomic mass is 10.00. The fourth-order valence-electron chi connectivity index (χ4n) is 4.04. The molecular weight excluding hydrogens is 336 g/mol. The van der Waals surface area contributed by atoms with Gasteiger partial charge in [0.25, 0.3) is 5.91 Å². The number of hydrogen-bond donors (Lipinski definition) is 1.